The van der Waals surface area contributed by atoms with Crippen LogP contribution >= 0.6 is 0 Å². The van der Waals surface area contributed by atoms with Crippen LogP contribution in [0.2, 0.25) is 0 Å². The first-order valence-electron chi connectivity index (χ1n) is 28.9. The maximum absolute atomic E-state index is 9.25. The molecule has 0 saturated carbocycles. The smallest absolute Gasteiger partial charge is 0.272 e. The van der Waals surface area contributed by atoms with Crippen LogP contribution in [0.4, 0.5) is 0 Å². The van der Waals surface area contributed by atoms with E-state index in [1.54, 1.807) is 45.6 Å². The van der Waals surface area contributed by atoms with Crippen molar-refractivity contribution in [1.29, 1.82) is 0 Å². The molecule has 7 heteroatoms. The van der Waals surface area contributed by atoms with Crippen molar-refractivity contribution in [2.75, 3.05) is 0 Å². The summed E-state index contributed by atoms with van der Waals surface area (Å²) >= 11 is 0. The molecule has 72 heavy (non-hydrogen) atoms. The number of rotatable bonds is 8. The molecule has 10 rings (SSSR count). The van der Waals surface area contributed by atoms with E-state index in [2.05, 4.69) is 136 Å². The average molecular weight is 1140 g/mol. The molecule has 366 valence electrons. The summed E-state index contributed by atoms with van der Waals surface area (Å²) < 4.78 is 101. The zero-order chi connectivity index (χ0) is 58.7. The number of benzene rings is 7. The first kappa shape index (κ1) is 38.8. The van der Waals surface area contributed by atoms with E-state index in [0.717, 1.165) is 44.3 Å². The molecule has 0 bridgehead atoms. The molecule has 0 aliphatic rings. The Kier molecular flexibility index (Phi) is 10.2. The van der Waals surface area contributed by atoms with Gasteiger partial charge in [-0.25, -0.2) is 4.98 Å². The van der Waals surface area contributed by atoms with Gasteiger partial charge in [-0.3, -0.25) is 0 Å². The van der Waals surface area contributed by atoms with Crippen molar-refractivity contribution in [3.8, 4) is 62.3 Å². The standard InChI is InChI=1S/C65H63N5O.Pt/c1-62(2,3)45-29-32-57-56(38-45)55-31-30-52(41-58(55)70(57)59-39-46(33-34-66-59)63(4,5)6)71-51-26-19-25-49(40-51)68-42-69(50-36-47(64(7,8)9)35-48(37-50)65(10,11)12)67-61(68)60-53(43-21-15-13-16-22-43)27-20-28-54(60)44-23-17-14-18-24-44;/h13-39H,1-12H3;/q-2;/i13D,14D,15D,16D,17D,18D,21D,22D,23D,24D;. The molecule has 0 spiro atoms. The van der Waals surface area contributed by atoms with Crippen molar-refractivity contribution < 1.29 is 44.2 Å². The molecule has 0 unspecified atom stereocenters. The number of ether oxygens (including phenoxy) is 1. The van der Waals surface area contributed by atoms with Crippen molar-refractivity contribution in [2.24, 2.45) is 0 Å². The van der Waals surface area contributed by atoms with Crippen LogP contribution in [-0.4, -0.2) is 19.2 Å². The summed E-state index contributed by atoms with van der Waals surface area (Å²) in [4.78, 5) is 4.90. The number of hydrogen-bond donors (Lipinski definition) is 0. The summed E-state index contributed by atoms with van der Waals surface area (Å²) in [5.41, 5.74) is 6.06. The zero-order valence-corrected chi connectivity index (χ0v) is 45.0. The maximum Gasteiger partial charge on any atom is 0.272 e. The van der Waals surface area contributed by atoms with E-state index in [1.807, 2.05) is 36.5 Å². The van der Waals surface area contributed by atoms with Crippen LogP contribution in [0, 0.1) is 18.5 Å². The third-order valence-electron chi connectivity index (χ3n) is 12.9. The largest absolute Gasteiger partial charge is 0.510 e. The monoisotopic (exact) mass is 1130 g/mol. The first-order valence-corrected chi connectivity index (χ1v) is 23.9. The van der Waals surface area contributed by atoms with E-state index >= 15 is 0 Å². The van der Waals surface area contributed by atoms with Crippen molar-refractivity contribution in [3.63, 3.8) is 0 Å². The Bertz CT molecular complexity index is 4040. The predicted octanol–water partition coefficient (Wildman–Crippen LogP) is 16.0. The molecular formula is C65H63N5OPt-2. The summed E-state index contributed by atoms with van der Waals surface area (Å²) in [6, 6.07) is 32.3. The van der Waals surface area contributed by atoms with Crippen molar-refractivity contribution in [2.45, 2.75) is 105 Å². The number of hydrogen-bond acceptors (Lipinski definition) is 3. The molecular weight excluding hydrogens is 1060 g/mol. The average Bonchev–Trinajstić information content (AvgIpc) is 4.21. The Hall–Kier alpha value is -6.88. The topological polar surface area (TPSA) is 48.8 Å². The van der Waals surface area contributed by atoms with Gasteiger partial charge in [-0.05, 0) is 89.8 Å². The van der Waals surface area contributed by atoms with Gasteiger partial charge in [-0.1, -0.05) is 203 Å². The van der Waals surface area contributed by atoms with Gasteiger partial charge in [0.05, 0.1) is 19.4 Å². The molecule has 0 amide bonds. The van der Waals surface area contributed by atoms with Crippen LogP contribution in [0.3, 0.4) is 0 Å². The molecule has 6 nitrogen and oxygen atoms in total. The van der Waals surface area contributed by atoms with Gasteiger partial charge in [0.2, 0.25) is 0 Å². The molecule has 10 aromatic rings. The second kappa shape index (κ2) is 18.9. The number of aromatic nitrogens is 5. The van der Waals surface area contributed by atoms with E-state index in [1.165, 1.54) is 5.56 Å². The van der Waals surface area contributed by atoms with Crippen LogP contribution < -0.4 is 9.42 Å². The summed E-state index contributed by atoms with van der Waals surface area (Å²) in [7, 11) is 0. The third-order valence-corrected chi connectivity index (χ3v) is 12.9. The van der Waals surface area contributed by atoms with Crippen molar-refractivity contribution >= 4 is 21.8 Å². The van der Waals surface area contributed by atoms with E-state index < -0.39 is 60.4 Å². The van der Waals surface area contributed by atoms with Gasteiger partial charge in [0, 0.05) is 49.8 Å². The minimum atomic E-state index is -0.594. The van der Waals surface area contributed by atoms with Crippen molar-refractivity contribution in [1.82, 2.24) is 19.2 Å². The second-order valence-electron chi connectivity index (χ2n) is 22.2. The fourth-order valence-corrected chi connectivity index (χ4v) is 8.77. The molecule has 7 aromatic carbocycles. The molecule has 0 N–H and O–H groups in total. The van der Waals surface area contributed by atoms with E-state index in [9.17, 15) is 5.48 Å². The van der Waals surface area contributed by atoms with Crippen molar-refractivity contribution in [3.05, 3.63) is 204 Å². The number of nitrogens with zero attached hydrogens (tertiary/aromatic N) is 5. The fraction of sp³-hybridized carbons (Fsp3) is 0.246. The molecule has 0 fully saturated rings. The number of fused-ring (bicyclic) bond motifs is 3. The van der Waals surface area contributed by atoms with Gasteiger partial charge in [0.25, 0.3) is 6.33 Å². The van der Waals surface area contributed by atoms with Gasteiger partial charge in [-0.15, -0.1) is 34.8 Å². The van der Waals surface area contributed by atoms with Gasteiger partial charge in [0.15, 0.2) is 5.82 Å². The van der Waals surface area contributed by atoms with Gasteiger partial charge in [-0.2, -0.15) is 22.9 Å². The van der Waals surface area contributed by atoms with Gasteiger partial charge < -0.3 is 13.9 Å². The molecule has 0 radical (unpaired) electrons. The SMILES string of the molecule is [2H]c1c([2H])c([2H])c(-c2cccc(-c3c([2H])c([2H])c([2H])c([2H])c3[2H])c2-c2n[n+](-c3cc(C(C)(C)C)cc(C(C)(C)C)c3)[c-]n2-c2[c-]c(Oc3[c-]c4c(cc3)c3cc(C(C)(C)C)ccc3n4-c3cc(C(C)(C)C)ccn3)ccc2)c([2H])c1[2H].[Pt]. The van der Waals surface area contributed by atoms with Gasteiger partial charge in [0.1, 0.15) is 5.82 Å². The molecule has 3 aromatic heterocycles. The second-order valence-corrected chi connectivity index (χ2v) is 22.2. The summed E-state index contributed by atoms with van der Waals surface area (Å²) in [5.74, 6) is 1.47. The Balaban J connectivity index is 0.00000810. The first-order chi connectivity index (χ1) is 37.8. The van der Waals surface area contributed by atoms with E-state index in [4.69, 9.17) is 23.0 Å². The van der Waals surface area contributed by atoms with Gasteiger partial charge >= 0.3 is 0 Å². The molecule has 0 saturated heterocycles. The Morgan fingerprint density at radius 3 is 1.72 bits per heavy atom. The normalized spacial score (nSPS) is 14.3. The predicted molar refractivity (Wildman–Crippen MR) is 291 cm³/mol. The maximum atomic E-state index is 9.25. The summed E-state index contributed by atoms with van der Waals surface area (Å²) in [6.07, 6.45) is 5.29. The molecule has 0 aliphatic carbocycles. The van der Waals surface area contributed by atoms with E-state index in [-0.39, 0.29) is 82.1 Å². The van der Waals surface area contributed by atoms with Crippen LogP contribution in [0.25, 0.3) is 72.6 Å². The number of pyridine rings is 1. The van der Waals surface area contributed by atoms with Crippen LogP contribution in [0.5, 0.6) is 11.5 Å². The summed E-state index contributed by atoms with van der Waals surface area (Å²) in [6.45, 7) is 25.8. The molecule has 0 atom stereocenters. The Labute approximate surface area is 454 Å². The van der Waals surface area contributed by atoms with Crippen LogP contribution in [-0.2, 0) is 42.7 Å². The zero-order valence-electron chi connectivity index (χ0n) is 52.8. The third kappa shape index (κ3) is 9.87. The Morgan fingerprint density at radius 2 is 1.12 bits per heavy atom. The minimum Gasteiger partial charge on any atom is -0.510 e. The molecule has 3 heterocycles. The minimum absolute atomic E-state index is 0. The van der Waals surface area contributed by atoms with Crippen LogP contribution in [0.15, 0.2) is 164 Å². The summed E-state index contributed by atoms with van der Waals surface area (Å²) in [5, 5.41) is 7.29. The van der Waals surface area contributed by atoms with Crippen LogP contribution in [0.1, 0.15) is 119 Å². The fourth-order valence-electron chi connectivity index (χ4n) is 8.77. The Morgan fingerprint density at radius 1 is 0.556 bits per heavy atom. The molecule has 0 aliphatic heterocycles. The quantitative estimate of drug-likeness (QED) is 0.113. The van der Waals surface area contributed by atoms with E-state index in [0.29, 0.717) is 17.1 Å².